The number of carbonyl (C=O) groups excluding carboxylic acids is 1. The van der Waals surface area contributed by atoms with Crippen molar-refractivity contribution in [3.63, 3.8) is 0 Å². The average Bonchev–Trinajstić information content (AvgIpc) is 2.93. The van der Waals surface area contributed by atoms with Crippen LogP contribution in [0.2, 0.25) is 0 Å². The van der Waals surface area contributed by atoms with Gasteiger partial charge in [0.1, 0.15) is 5.75 Å². The summed E-state index contributed by atoms with van der Waals surface area (Å²) < 4.78 is 71.1. The third kappa shape index (κ3) is 8.21. The third-order valence-corrected chi connectivity index (χ3v) is 7.24. The van der Waals surface area contributed by atoms with E-state index < -0.39 is 22.2 Å². The van der Waals surface area contributed by atoms with E-state index in [0.717, 1.165) is 31.9 Å². The van der Waals surface area contributed by atoms with Crippen LogP contribution in [0.1, 0.15) is 10.4 Å². The number of hydrogen-bond donors (Lipinski definition) is 3. The van der Waals surface area contributed by atoms with Crippen LogP contribution in [-0.4, -0.2) is 96.1 Å². The lowest BCUT2D eigenvalue weighted by atomic mass is 10.1. The number of ether oxygens (including phenoxy) is 2. The highest BCUT2D eigenvalue weighted by molar-refractivity contribution is 7.92. The zero-order chi connectivity index (χ0) is 28.6. The predicted molar refractivity (Wildman–Crippen MR) is 136 cm³/mol. The molecule has 3 N–H and O–H groups in total. The Morgan fingerprint density at radius 2 is 1.62 bits per heavy atom. The Morgan fingerprint density at radius 3 is 2.15 bits per heavy atom. The number of halogens is 3. The second-order valence-corrected chi connectivity index (χ2v) is 10.1. The van der Waals surface area contributed by atoms with Crippen molar-refractivity contribution in [2.24, 2.45) is 0 Å². The number of benzene rings is 2. The minimum Gasteiger partial charge on any atom is -0.497 e. The van der Waals surface area contributed by atoms with E-state index in [9.17, 15) is 26.4 Å². The highest BCUT2D eigenvalue weighted by atomic mass is 32.2. The van der Waals surface area contributed by atoms with Gasteiger partial charge in [0.2, 0.25) is 0 Å². The first kappa shape index (κ1) is 30.0. The topological polar surface area (TPSA) is 138 Å². The highest BCUT2D eigenvalue weighted by Gasteiger charge is 2.38. The zero-order valence-electron chi connectivity index (χ0n) is 21.0. The first-order valence-corrected chi connectivity index (χ1v) is 13.3. The van der Waals surface area contributed by atoms with Gasteiger partial charge in [-0.05, 0) is 42.5 Å². The normalized spacial score (nSPS) is 16.1. The number of morpholine rings is 1. The van der Waals surface area contributed by atoms with E-state index in [1.54, 1.807) is 29.2 Å². The molecule has 0 bridgehead atoms. The molecule has 0 unspecified atom stereocenters. The SMILES string of the molecule is COc1ccc(S(=O)(=O)Nc2cc(C(=O)N3CCOCC3)ccc2N2CCNCC2)cc1.O=C(O)C(F)(F)F. The maximum Gasteiger partial charge on any atom is 0.490 e. The van der Waals surface area contributed by atoms with Crippen molar-refractivity contribution in [2.75, 3.05) is 69.2 Å². The molecular weight excluding hydrogens is 545 g/mol. The lowest BCUT2D eigenvalue weighted by Crippen LogP contribution is -2.44. The number of nitrogens with one attached hydrogen (secondary N) is 2. The first-order valence-electron chi connectivity index (χ1n) is 11.9. The Balaban J connectivity index is 0.000000532. The number of carbonyl (C=O) groups is 2. The fraction of sp³-hybridized carbons (Fsp3) is 0.417. The van der Waals surface area contributed by atoms with Gasteiger partial charge in [0.05, 0.1) is 36.6 Å². The van der Waals surface area contributed by atoms with Crippen LogP contribution in [0.25, 0.3) is 0 Å². The van der Waals surface area contributed by atoms with Gasteiger partial charge in [0, 0.05) is 44.8 Å². The number of rotatable bonds is 6. The van der Waals surface area contributed by atoms with Gasteiger partial charge < -0.3 is 29.7 Å². The van der Waals surface area contributed by atoms with Crippen molar-refractivity contribution >= 4 is 33.3 Å². The standard InChI is InChI=1S/C22H28N4O5S.C2HF3O2/c1-30-18-3-5-19(6-4-18)32(28,29)24-20-16-17(22(27)26-12-14-31-15-13-26)2-7-21(20)25-10-8-23-9-11-25;3-2(4,5)1(6)7/h2-7,16,23-24H,8-15H2,1H3;(H,6,7). The Bertz CT molecular complexity index is 1250. The molecule has 0 spiro atoms. The molecule has 0 radical (unpaired) electrons. The van der Waals surface area contributed by atoms with Crippen molar-refractivity contribution in [2.45, 2.75) is 11.1 Å². The second kappa shape index (κ2) is 13.0. The Kier molecular flexibility index (Phi) is 9.99. The monoisotopic (exact) mass is 574 g/mol. The van der Waals surface area contributed by atoms with Gasteiger partial charge >= 0.3 is 12.1 Å². The van der Waals surface area contributed by atoms with E-state index in [1.165, 1.54) is 19.2 Å². The van der Waals surface area contributed by atoms with Gasteiger partial charge in [-0.3, -0.25) is 9.52 Å². The number of aliphatic carboxylic acids is 1. The smallest absolute Gasteiger partial charge is 0.490 e. The quantitative estimate of drug-likeness (QED) is 0.473. The van der Waals surface area contributed by atoms with Gasteiger partial charge in [-0.2, -0.15) is 13.2 Å². The van der Waals surface area contributed by atoms with Gasteiger partial charge in [-0.1, -0.05) is 0 Å². The minimum atomic E-state index is -5.08. The molecule has 0 atom stereocenters. The maximum atomic E-state index is 13.1. The van der Waals surface area contributed by atoms with Crippen LogP contribution in [0.3, 0.4) is 0 Å². The van der Waals surface area contributed by atoms with E-state index in [4.69, 9.17) is 19.4 Å². The summed E-state index contributed by atoms with van der Waals surface area (Å²) in [4.78, 5) is 25.9. The van der Waals surface area contributed by atoms with Crippen LogP contribution in [-0.2, 0) is 19.6 Å². The second-order valence-electron chi connectivity index (χ2n) is 8.46. The molecule has 2 fully saturated rings. The molecule has 2 heterocycles. The summed E-state index contributed by atoms with van der Waals surface area (Å²) in [6, 6.07) is 11.4. The van der Waals surface area contributed by atoms with Gasteiger partial charge in [0.15, 0.2) is 0 Å². The average molecular weight is 575 g/mol. The predicted octanol–water partition coefficient (Wildman–Crippen LogP) is 2.01. The molecule has 2 aromatic carbocycles. The van der Waals surface area contributed by atoms with Crippen LogP contribution < -0.4 is 19.7 Å². The number of sulfonamides is 1. The number of piperazine rings is 1. The first-order chi connectivity index (χ1) is 18.4. The fourth-order valence-electron chi connectivity index (χ4n) is 3.84. The molecule has 214 valence electrons. The summed E-state index contributed by atoms with van der Waals surface area (Å²) in [7, 11) is -2.33. The molecule has 4 rings (SSSR count). The van der Waals surface area contributed by atoms with Crippen molar-refractivity contribution in [1.29, 1.82) is 0 Å². The van der Waals surface area contributed by atoms with Crippen molar-refractivity contribution < 1.29 is 45.8 Å². The number of carboxylic acids is 1. The summed E-state index contributed by atoms with van der Waals surface area (Å²) in [6.45, 7) is 5.14. The van der Waals surface area contributed by atoms with Crippen LogP contribution in [0, 0.1) is 0 Å². The highest BCUT2D eigenvalue weighted by Crippen LogP contribution is 2.31. The molecule has 2 aliphatic heterocycles. The summed E-state index contributed by atoms with van der Waals surface area (Å²) in [6.07, 6.45) is -5.08. The van der Waals surface area contributed by atoms with E-state index in [2.05, 4.69) is 14.9 Å². The number of methoxy groups -OCH3 is 1. The van der Waals surface area contributed by atoms with E-state index in [1.807, 2.05) is 6.07 Å². The van der Waals surface area contributed by atoms with Crippen LogP contribution in [0.5, 0.6) is 5.75 Å². The molecule has 39 heavy (non-hydrogen) atoms. The molecule has 0 aliphatic carbocycles. The van der Waals surface area contributed by atoms with Crippen molar-refractivity contribution in [3.8, 4) is 5.75 Å². The van der Waals surface area contributed by atoms with E-state index in [-0.39, 0.29) is 10.8 Å². The summed E-state index contributed by atoms with van der Waals surface area (Å²) >= 11 is 0. The van der Waals surface area contributed by atoms with Crippen molar-refractivity contribution in [3.05, 3.63) is 48.0 Å². The molecule has 1 amide bonds. The number of alkyl halides is 3. The summed E-state index contributed by atoms with van der Waals surface area (Å²) in [5, 5.41) is 10.4. The van der Waals surface area contributed by atoms with Gasteiger partial charge in [0.25, 0.3) is 15.9 Å². The number of amides is 1. The van der Waals surface area contributed by atoms with Crippen LogP contribution >= 0.6 is 0 Å². The molecule has 2 saturated heterocycles. The van der Waals surface area contributed by atoms with E-state index in [0.29, 0.717) is 43.3 Å². The molecule has 2 aromatic rings. The van der Waals surface area contributed by atoms with Crippen LogP contribution in [0.15, 0.2) is 47.4 Å². The molecule has 0 saturated carbocycles. The third-order valence-electron chi connectivity index (χ3n) is 5.86. The lowest BCUT2D eigenvalue weighted by molar-refractivity contribution is -0.192. The zero-order valence-corrected chi connectivity index (χ0v) is 21.8. The van der Waals surface area contributed by atoms with Crippen LogP contribution in [0.4, 0.5) is 24.5 Å². The van der Waals surface area contributed by atoms with Gasteiger partial charge in [-0.25, -0.2) is 13.2 Å². The lowest BCUT2D eigenvalue weighted by Gasteiger charge is -2.32. The number of anilines is 2. The largest absolute Gasteiger partial charge is 0.497 e. The number of hydrogen-bond acceptors (Lipinski definition) is 8. The maximum absolute atomic E-state index is 13.1. The molecule has 15 heteroatoms. The molecular formula is C24H29F3N4O7S. The molecule has 11 nitrogen and oxygen atoms in total. The van der Waals surface area contributed by atoms with E-state index >= 15 is 0 Å². The Hall–Kier alpha value is -3.56. The van der Waals surface area contributed by atoms with Crippen molar-refractivity contribution in [1.82, 2.24) is 10.2 Å². The Labute approximate surface area is 223 Å². The minimum absolute atomic E-state index is 0.120. The molecule has 0 aromatic heterocycles. The number of carboxylic acid groups (broad SMARTS) is 1. The van der Waals surface area contributed by atoms with Gasteiger partial charge in [-0.15, -0.1) is 0 Å². The number of nitrogens with zero attached hydrogens (tertiary/aromatic N) is 2. The Morgan fingerprint density at radius 1 is 1.03 bits per heavy atom. The summed E-state index contributed by atoms with van der Waals surface area (Å²) in [5.41, 5.74) is 1.59. The fourth-order valence-corrected chi connectivity index (χ4v) is 4.91. The summed E-state index contributed by atoms with van der Waals surface area (Å²) in [5.74, 6) is -2.32. The molecule has 2 aliphatic rings.